The molecule has 0 radical (unpaired) electrons. The van der Waals surface area contributed by atoms with Crippen LogP contribution >= 0.6 is 0 Å². The number of benzene rings is 3. The van der Waals surface area contributed by atoms with Gasteiger partial charge < -0.3 is 5.11 Å². The monoisotopic (exact) mass is 343 g/mol. The number of H-pyrrole nitrogens is 1. The number of nitrogens with zero attached hydrogens (tertiary/aromatic N) is 1. The SMILES string of the molecule is Cc1ccc(-n2[nH+]c(C)c(C(=O)c3cccc4ccccc34)c2O)cc1. The maximum Gasteiger partial charge on any atom is 0.268 e. The molecule has 0 spiro atoms. The lowest BCUT2D eigenvalue weighted by Crippen LogP contribution is -2.17. The van der Waals surface area contributed by atoms with E-state index < -0.39 is 0 Å². The minimum atomic E-state index is -0.195. The van der Waals surface area contributed by atoms with Gasteiger partial charge in [-0.3, -0.25) is 4.79 Å². The van der Waals surface area contributed by atoms with Gasteiger partial charge in [-0.1, -0.05) is 64.8 Å². The summed E-state index contributed by atoms with van der Waals surface area (Å²) in [4.78, 5) is 13.2. The van der Waals surface area contributed by atoms with Crippen molar-refractivity contribution in [3.8, 4) is 11.6 Å². The molecular weight excluding hydrogens is 324 g/mol. The van der Waals surface area contributed by atoms with Gasteiger partial charge in [0.15, 0.2) is 5.56 Å². The van der Waals surface area contributed by atoms with Crippen molar-refractivity contribution in [3.63, 3.8) is 0 Å². The van der Waals surface area contributed by atoms with Crippen LogP contribution in [0.3, 0.4) is 0 Å². The van der Waals surface area contributed by atoms with E-state index in [0.717, 1.165) is 22.0 Å². The van der Waals surface area contributed by atoms with Crippen LogP contribution in [-0.2, 0) is 0 Å². The average Bonchev–Trinajstić information content (AvgIpc) is 2.95. The van der Waals surface area contributed by atoms with Crippen LogP contribution in [0.2, 0.25) is 0 Å². The third-order valence-electron chi connectivity index (χ3n) is 4.64. The van der Waals surface area contributed by atoms with Gasteiger partial charge in [0.2, 0.25) is 11.5 Å². The van der Waals surface area contributed by atoms with Crippen molar-refractivity contribution < 1.29 is 15.0 Å². The largest absolute Gasteiger partial charge is 0.490 e. The predicted octanol–water partition coefficient (Wildman–Crippen LogP) is 4.00. The fourth-order valence-electron chi connectivity index (χ4n) is 3.27. The standard InChI is InChI=1S/C22H18N2O2/c1-14-10-12-17(13-11-14)24-22(26)20(15(2)23-24)21(25)19-9-5-7-16-6-3-4-8-18(16)19/h3-13,26H,1-2H3/p+1. The summed E-state index contributed by atoms with van der Waals surface area (Å²) in [5.74, 6) is -0.275. The normalized spacial score (nSPS) is 11.0. The lowest BCUT2D eigenvalue weighted by atomic mass is 9.97. The number of nitrogens with one attached hydrogen (secondary N) is 1. The van der Waals surface area contributed by atoms with Gasteiger partial charge in [0.1, 0.15) is 5.69 Å². The molecule has 4 heteroatoms. The van der Waals surface area contributed by atoms with E-state index in [-0.39, 0.29) is 11.7 Å². The molecule has 0 saturated carbocycles. The Morgan fingerprint density at radius 2 is 1.62 bits per heavy atom. The topological polar surface area (TPSA) is 56.4 Å². The first-order valence-corrected chi connectivity index (χ1v) is 8.49. The fourth-order valence-corrected chi connectivity index (χ4v) is 3.27. The van der Waals surface area contributed by atoms with Crippen molar-refractivity contribution in [2.75, 3.05) is 0 Å². The number of aromatic nitrogens is 2. The van der Waals surface area contributed by atoms with E-state index in [0.29, 0.717) is 16.8 Å². The minimum absolute atomic E-state index is 0.0794. The Labute approximate surface area is 151 Å². The van der Waals surface area contributed by atoms with Crippen LogP contribution in [-0.4, -0.2) is 15.6 Å². The van der Waals surface area contributed by atoms with Crippen LogP contribution in [0, 0.1) is 13.8 Å². The molecule has 4 nitrogen and oxygen atoms in total. The Hall–Kier alpha value is -3.40. The molecule has 1 aromatic heterocycles. The van der Waals surface area contributed by atoms with E-state index in [9.17, 15) is 9.90 Å². The number of aromatic hydroxyl groups is 1. The summed E-state index contributed by atoms with van der Waals surface area (Å²) in [5, 5.41) is 15.7. The van der Waals surface area contributed by atoms with Crippen LogP contribution < -0.4 is 5.10 Å². The number of fused-ring (bicyclic) bond motifs is 1. The van der Waals surface area contributed by atoms with E-state index in [4.69, 9.17) is 0 Å². The lowest BCUT2D eigenvalue weighted by Gasteiger charge is -2.05. The number of rotatable bonds is 3. The average molecular weight is 343 g/mol. The Bertz CT molecular complexity index is 1120. The molecule has 0 aliphatic carbocycles. The molecular formula is C22H19N2O2+. The molecule has 0 aliphatic heterocycles. The number of aromatic amines is 1. The van der Waals surface area contributed by atoms with Gasteiger partial charge in [-0.25, -0.2) is 0 Å². The van der Waals surface area contributed by atoms with Gasteiger partial charge >= 0.3 is 0 Å². The second-order valence-electron chi connectivity index (χ2n) is 6.46. The maximum atomic E-state index is 13.2. The van der Waals surface area contributed by atoms with E-state index in [1.54, 1.807) is 13.0 Å². The summed E-state index contributed by atoms with van der Waals surface area (Å²) in [6.07, 6.45) is 0. The first kappa shape index (κ1) is 16.1. The van der Waals surface area contributed by atoms with Crippen LogP contribution in [0.4, 0.5) is 0 Å². The number of aryl methyl sites for hydroxylation is 2. The molecule has 0 bridgehead atoms. The summed E-state index contributed by atoms with van der Waals surface area (Å²) >= 11 is 0. The van der Waals surface area contributed by atoms with E-state index in [2.05, 4.69) is 5.10 Å². The van der Waals surface area contributed by atoms with Gasteiger partial charge in [-0.05, 0) is 29.8 Å². The molecule has 26 heavy (non-hydrogen) atoms. The zero-order chi connectivity index (χ0) is 18.3. The molecule has 0 unspecified atom stereocenters. The molecule has 0 atom stereocenters. The predicted molar refractivity (Wildman–Crippen MR) is 101 cm³/mol. The van der Waals surface area contributed by atoms with Gasteiger partial charge in [0, 0.05) is 12.5 Å². The molecule has 0 amide bonds. The molecule has 0 saturated heterocycles. The first-order chi connectivity index (χ1) is 12.6. The molecule has 0 aliphatic rings. The highest BCUT2D eigenvalue weighted by molar-refractivity contribution is 6.17. The third kappa shape index (κ3) is 2.56. The Kier molecular flexibility index (Phi) is 3.81. The summed E-state index contributed by atoms with van der Waals surface area (Å²) in [5.41, 5.74) is 3.40. The zero-order valence-electron chi connectivity index (χ0n) is 14.7. The Balaban J connectivity index is 1.85. The number of hydrogen-bond donors (Lipinski definition) is 1. The highest BCUT2D eigenvalue weighted by atomic mass is 16.3. The molecule has 4 aromatic rings. The molecule has 128 valence electrons. The number of carbonyl (C=O) groups excluding carboxylic acids is 1. The maximum absolute atomic E-state index is 13.2. The Morgan fingerprint density at radius 3 is 2.38 bits per heavy atom. The van der Waals surface area contributed by atoms with Crippen molar-refractivity contribution in [1.82, 2.24) is 4.68 Å². The van der Waals surface area contributed by atoms with Crippen LogP contribution in [0.5, 0.6) is 5.88 Å². The van der Waals surface area contributed by atoms with Gasteiger partial charge in [0.25, 0.3) is 5.88 Å². The smallest absolute Gasteiger partial charge is 0.268 e. The number of carbonyl (C=O) groups is 1. The van der Waals surface area contributed by atoms with Crippen LogP contribution in [0.15, 0.2) is 66.7 Å². The highest BCUT2D eigenvalue weighted by Crippen LogP contribution is 2.28. The summed E-state index contributed by atoms with van der Waals surface area (Å²) in [7, 11) is 0. The lowest BCUT2D eigenvalue weighted by molar-refractivity contribution is -0.482. The van der Waals surface area contributed by atoms with Crippen molar-refractivity contribution in [2.45, 2.75) is 13.8 Å². The molecule has 3 aromatic carbocycles. The van der Waals surface area contributed by atoms with E-state index in [1.165, 1.54) is 4.68 Å². The highest BCUT2D eigenvalue weighted by Gasteiger charge is 2.28. The quantitative estimate of drug-likeness (QED) is 0.572. The molecule has 4 rings (SSSR count). The van der Waals surface area contributed by atoms with Crippen LogP contribution in [0.1, 0.15) is 27.2 Å². The zero-order valence-corrected chi connectivity index (χ0v) is 14.7. The third-order valence-corrected chi connectivity index (χ3v) is 4.64. The van der Waals surface area contributed by atoms with E-state index in [1.807, 2.05) is 67.6 Å². The van der Waals surface area contributed by atoms with Crippen molar-refractivity contribution in [1.29, 1.82) is 0 Å². The summed E-state index contributed by atoms with van der Waals surface area (Å²) in [6.45, 7) is 3.80. The van der Waals surface area contributed by atoms with Gasteiger partial charge in [-0.15, -0.1) is 5.10 Å². The summed E-state index contributed by atoms with van der Waals surface area (Å²) in [6, 6.07) is 21.1. The second-order valence-corrected chi connectivity index (χ2v) is 6.46. The van der Waals surface area contributed by atoms with Gasteiger partial charge in [-0.2, -0.15) is 0 Å². The molecule has 0 fully saturated rings. The first-order valence-electron chi connectivity index (χ1n) is 8.49. The Morgan fingerprint density at radius 1 is 0.923 bits per heavy atom. The van der Waals surface area contributed by atoms with E-state index >= 15 is 0 Å². The van der Waals surface area contributed by atoms with Gasteiger partial charge in [0.05, 0.1) is 0 Å². The number of ketones is 1. The van der Waals surface area contributed by atoms with Crippen molar-refractivity contribution in [2.24, 2.45) is 0 Å². The minimum Gasteiger partial charge on any atom is -0.490 e. The molecule has 2 N–H and O–H groups in total. The molecule has 1 heterocycles. The van der Waals surface area contributed by atoms with Crippen molar-refractivity contribution in [3.05, 3.63) is 89.1 Å². The fraction of sp³-hybridized carbons (Fsp3) is 0.0909. The van der Waals surface area contributed by atoms with Crippen LogP contribution in [0.25, 0.3) is 16.5 Å². The van der Waals surface area contributed by atoms with Crippen molar-refractivity contribution >= 4 is 16.6 Å². The second kappa shape index (κ2) is 6.15. The number of hydrogen-bond acceptors (Lipinski definition) is 2. The summed E-state index contributed by atoms with van der Waals surface area (Å²) < 4.78 is 1.53.